The van der Waals surface area contributed by atoms with Crippen LogP contribution >= 0.6 is 11.3 Å². The predicted octanol–water partition coefficient (Wildman–Crippen LogP) is 2.20. The molecule has 0 aliphatic carbocycles. The van der Waals surface area contributed by atoms with Crippen LogP contribution in [0.15, 0.2) is 12.1 Å². The van der Waals surface area contributed by atoms with Gasteiger partial charge in [0.05, 0.1) is 23.0 Å². The lowest BCUT2D eigenvalue weighted by molar-refractivity contribution is -0.141. The van der Waals surface area contributed by atoms with E-state index >= 15 is 0 Å². The van der Waals surface area contributed by atoms with Gasteiger partial charge in [-0.25, -0.2) is 0 Å². The van der Waals surface area contributed by atoms with Crippen LogP contribution in [0.3, 0.4) is 0 Å². The van der Waals surface area contributed by atoms with Crippen molar-refractivity contribution >= 4 is 28.9 Å². The van der Waals surface area contributed by atoms with E-state index in [9.17, 15) is 27.6 Å². The number of alkyl halides is 3. The molecule has 6 nitrogen and oxygen atoms in total. The summed E-state index contributed by atoms with van der Waals surface area (Å²) in [7, 11) is 0. The third kappa shape index (κ3) is 4.49. The Balaban J connectivity index is 1.56. The zero-order valence-electron chi connectivity index (χ0n) is 14.5. The number of hydrogen-bond acceptors (Lipinski definition) is 5. The van der Waals surface area contributed by atoms with Gasteiger partial charge in [0, 0.05) is 32.1 Å². The van der Waals surface area contributed by atoms with Crippen molar-refractivity contribution < 1.29 is 32.3 Å². The summed E-state index contributed by atoms with van der Waals surface area (Å²) in [6, 6.07) is 2.28. The minimum Gasteiger partial charge on any atom is -0.378 e. The fraction of sp³-hybridized carbons (Fsp3) is 0.588. The molecular formula is C17H19F3N2O4S. The maximum absolute atomic E-state index is 12.5. The molecule has 3 rings (SSSR count). The minimum atomic E-state index is -4.95. The van der Waals surface area contributed by atoms with Crippen molar-refractivity contribution in [1.29, 1.82) is 0 Å². The van der Waals surface area contributed by atoms with E-state index in [1.54, 1.807) is 4.90 Å². The second-order valence-electron chi connectivity index (χ2n) is 6.49. The highest BCUT2D eigenvalue weighted by molar-refractivity contribution is 7.16. The van der Waals surface area contributed by atoms with Crippen LogP contribution in [-0.2, 0) is 9.53 Å². The number of piperidine rings is 1. The first-order chi connectivity index (χ1) is 12.8. The number of halogens is 3. The number of carbonyl (C=O) groups excluding carboxylic acids is 3. The summed E-state index contributed by atoms with van der Waals surface area (Å²) in [4.78, 5) is 39.2. The van der Waals surface area contributed by atoms with Gasteiger partial charge >= 0.3 is 6.18 Å². The number of thiophene rings is 1. The molecule has 1 aromatic rings. The van der Waals surface area contributed by atoms with E-state index in [0.717, 1.165) is 6.07 Å². The number of Topliss-reactive ketones (excluding diaryl/α,β-unsaturated/α-hetero) is 1. The molecule has 3 heterocycles. The molecule has 148 valence electrons. The first-order valence-electron chi connectivity index (χ1n) is 8.64. The third-order valence-electron chi connectivity index (χ3n) is 4.75. The van der Waals surface area contributed by atoms with Crippen LogP contribution in [0.25, 0.3) is 0 Å². The van der Waals surface area contributed by atoms with Gasteiger partial charge in [-0.1, -0.05) is 0 Å². The molecule has 10 heteroatoms. The summed E-state index contributed by atoms with van der Waals surface area (Å²) in [5, 5.41) is 0. The van der Waals surface area contributed by atoms with Gasteiger partial charge in [-0.3, -0.25) is 14.4 Å². The standard InChI is InChI=1S/C17H19F3N2O4S/c18-17(19,20)14(23)12-1-2-13(27-12)16(25)21-5-3-11(4-6-21)15(24)22-7-9-26-10-8-22/h1-2,11H,3-10H2. The molecule has 0 unspecified atom stereocenters. The van der Waals surface area contributed by atoms with E-state index in [1.165, 1.54) is 11.0 Å². The largest absolute Gasteiger partial charge is 0.455 e. The van der Waals surface area contributed by atoms with Crippen LogP contribution in [0, 0.1) is 5.92 Å². The molecular weight excluding hydrogens is 385 g/mol. The number of carbonyl (C=O) groups is 3. The fourth-order valence-corrected chi connectivity index (χ4v) is 4.18. The molecule has 0 radical (unpaired) electrons. The van der Waals surface area contributed by atoms with E-state index in [4.69, 9.17) is 4.74 Å². The van der Waals surface area contributed by atoms with Gasteiger partial charge in [-0.2, -0.15) is 13.2 Å². The Morgan fingerprint density at radius 1 is 0.963 bits per heavy atom. The van der Waals surface area contributed by atoms with Crippen LogP contribution < -0.4 is 0 Å². The average Bonchev–Trinajstić information content (AvgIpc) is 3.16. The lowest BCUT2D eigenvalue weighted by Gasteiger charge is -2.35. The zero-order chi connectivity index (χ0) is 19.6. The fourth-order valence-electron chi connectivity index (χ4n) is 3.24. The van der Waals surface area contributed by atoms with Crippen LogP contribution in [0.1, 0.15) is 32.2 Å². The topological polar surface area (TPSA) is 66.9 Å². The van der Waals surface area contributed by atoms with E-state index in [1.807, 2.05) is 0 Å². The second-order valence-corrected chi connectivity index (χ2v) is 7.58. The van der Waals surface area contributed by atoms with E-state index in [0.29, 0.717) is 63.6 Å². The van der Waals surface area contributed by atoms with Crippen molar-refractivity contribution in [2.75, 3.05) is 39.4 Å². The Hall–Kier alpha value is -1.94. The number of morpholine rings is 1. The smallest absolute Gasteiger partial charge is 0.378 e. The molecule has 2 saturated heterocycles. The number of hydrogen-bond donors (Lipinski definition) is 0. The molecule has 0 atom stereocenters. The first-order valence-corrected chi connectivity index (χ1v) is 9.46. The lowest BCUT2D eigenvalue weighted by atomic mass is 9.95. The van der Waals surface area contributed by atoms with Crippen molar-refractivity contribution in [1.82, 2.24) is 9.80 Å². The Bertz CT molecular complexity index is 720. The number of amides is 2. The minimum absolute atomic E-state index is 0.0691. The van der Waals surface area contributed by atoms with Crippen molar-refractivity contribution in [3.8, 4) is 0 Å². The van der Waals surface area contributed by atoms with Crippen LogP contribution in [-0.4, -0.2) is 73.0 Å². The Labute approximate surface area is 157 Å². The number of rotatable bonds is 3. The van der Waals surface area contributed by atoms with Gasteiger partial charge in [0.15, 0.2) is 0 Å². The molecule has 2 amide bonds. The molecule has 0 spiro atoms. The molecule has 0 N–H and O–H groups in total. The molecule has 2 fully saturated rings. The predicted molar refractivity (Wildman–Crippen MR) is 90.7 cm³/mol. The quantitative estimate of drug-likeness (QED) is 0.725. The maximum atomic E-state index is 12.5. The number of nitrogens with zero attached hydrogens (tertiary/aromatic N) is 2. The van der Waals surface area contributed by atoms with Crippen molar-refractivity contribution in [2.45, 2.75) is 19.0 Å². The second kappa shape index (κ2) is 7.97. The summed E-state index contributed by atoms with van der Waals surface area (Å²) in [5.74, 6) is -2.43. The lowest BCUT2D eigenvalue weighted by Crippen LogP contribution is -2.47. The zero-order valence-corrected chi connectivity index (χ0v) is 15.3. The number of ketones is 1. The van der Waals surface area contributed by atoms with Gasteiger partial charge in [0.1, 0.15) is 0 Å². The van der Waals surface area contributed by atoms with E-state index < -0.39 is 22.7 Å². The van der Waals surface area contributed by atoms with E-state index in [2.05, 4.69) is 0 Å². The Morgan fingerprint density at radius 2 is 1.56 bits per heavy atom. The summed E-state index contributed by atoms with van der Waals surface area (Å²) in [5.41, 5.74) is 0. The monoisotopic (exact) mass is 404 g/mol. The van der Waals surface area contributed by atoms with Gasteiger partial charge < -0.3 is 14.5 Å². The highest BCUT2D eigenvalue weighted by Crippen LogP contribution is 2.28. The number of ether oxygens (including phenoxy) is 1. The van der Waals surface area contributed by atoms with Gasteiger partial charge in [0.25, 0.3) is 11.7 Å². The number of likely N-dealkylation sites (tertiary alicyclic amines) is 1. The highest BCUT2D eigenvalue weighted by atomic mass is 32.1. The summed E-state index contributed by atoms with van der Waals surface area (Å²) < 4.78 is 42.7. The molecule has 0 aromatic carbocycles. The maximum Gasteiger partial charge on any atom is 0.455 e. The van der Waals surface area contributed by atoms with Crippen molar-refractivity contribution in [3.05, 3.63) is 21.9 Å². The summed E-state index contributed by atoms with van der Waals surface area (Å²) in [6.45, 7) is 2.92. The van der Waals surface area contributed by atoms with E-state index in [-0.39, 0.29) is 16.7 Å². The highest BCUT2D eigenvalue weighted by Gasteiger charge is 2.40. The van der Waals surface area contributed by atoms with Crippen LogP contribution in [0.5, 0.6) is 0 Å². The summed E-state index contributed by atoms with van der Waals surface area (Å²) in [6.07, 6.45) is -3.92. The SMILES string of the molecule is O=C(c1ccc(C(=O)C(F)(F)F)s1)N1CCC(C(=O)N2CCOCC2)CC1. The molecule has 1 aromatic heterocycles. The molecule has 0 bridgehead atoms. The van der Waals surface area contributed by atoms with Gasteiger partial charge in [-0.05, 0) is 25.0 Å². The summed E-state index contributed by atoms with van der Waals surface area (Å²) >= 11 is 0.550. The van der Waals surface area contributed by atoms with Gasteiger partial charge in [-0.15, -0.1) is 11.3 Å². The normalized spacial score (nSPS) is 19.2. The Kier molecular flexibility index (Phi) is 5.85. The van der Waals surface area contributed by atoms with Crippen LogP contribution in [0.4, 0.5) is 13.2 Å². The van der Waals surface area contributed by atoms with Gasteiger partial charge in [0.2, 0.25) is 5.91 Å². The Morgan fingerprint density at radius 3 is 2.15 bits per heavy atom. The van der Waals surface area contributed by atoms with Crippen molar-refractivity contribution in [2.24, 2.45) is 5.92 Å². The molecule has 2 aliphatic rings. The third-order valence-corrected chi connectivity index (χ3v) is 5.82. The van der Waals surface area contributed by atoms with Crippen LogP contribution in [0.2, 0.25) is 0 Å². The average molecular weight is 404 g/mol. The van der Waals surface area contributed by atoms with Crippen molar-refractivity contribution in [3.63, 3.8) is 0 Å². The molecule has 27 heavy (non-hydrogen) atoms. The first kappa shape index (κ1) is 19.8. The molecule has 0 saturated carbocycles. The molecule has 2 aliphatic heterocycles.